The second-order valence-corrected chi connectivity index (χ2v) is 5.53. The van der Waals surface area contributed by atoms with Crippen molar-refractivity contribution in [3.63, 3.8) is 0 Å². The van der Waals surface area contributed by atoms with Crippen LogP contribution in [-0.4, -0.2) is 25.9 Å². The summed E-state index contributed by atoms with van der Waals surface area (Å²) in [4.78, 5) is 22.2. The Hall–Kier alpha value is -1.69. The molecule has 1 aliphatic heterocycles. The molecule has 1 aromatic carbocycles. The van der Waals surface area contributed by atoms with Crippen molar-refractivity contribution in [1.82, 2.24) is 0 Å². The van der Waals surface area contributed by atoms with Crippen LogP contribution in [0.4, 0.5) is 5.69 Å². The Kier molecular flexibility index (Phi) is 2.31. The molecule has 1 amide bonds. The molecular formula is C10H9NO4S. The van der Waals surface area contributed by atoms with Crippen molar-refractivity contribution >= 4 is 27.2 Å². The van der Waals surface area contributed by atoms with Crippen LogP contribution >= 0.6 is 0 Å². The average molecular weight is 239 g/mol. The van der Waals surface area contributed by atoms with Gasteiger partial charge in [0.25, 0.3) is 0 Å². The zero-order valence-electron chi connectivity index (χ0n) is 8.48. The molecule has 84 valence electrons. The van der Waals surface area contributed by atoms with Crippen LogP contribution in [0.3, 0.4) is 0 Å². The van der Waals surface area contributed by atoms with Gasteiger partial charge in [-0.05, 0) is 25.1 Å². The smallest absolute Gasteiger partial charge is 0.239 e. The number of amides is 1. The first-order valence-corrected chi connectivity index (χ1v) is 6.23. The zero-order chi connectivity index (χ0) is 11.9. The van der Waals surface area contributed by atoms with E-state index in [1.165, 1.54) is 25.1 Å². The Morgan fingerprint density at radius 2 is 2.06 bits per heavy atom. The molecule has 1 aromatic rings. The number of sulfone groups is 1. The van der Waals surface area contributed by atoms with Gasteiger partial charge in [0.2, 0.25) is 5.91 Å². The lowest BCUT2D eigenvalue weighted by Gasteiger charge is -2.17. The lowest BCUT2D eigenvalue weighted by Crippen LogP contribution is -2.29. The lowest BCUT2D eigenvalue weighted by atomic mass is 10.1. The fraction of sp³-hybridized carbons (Fsp3) is 0.200. The van der Waals surface area contributed by atoms with E-state index >= 15 is 0 Å². The van der Waals surface area contributed by atoms with Crippen LogP contribution in [-0.2, 0) is 14.6 Å². The normalized spacial score (nSPS) is 17.4. The maximum Gasteiger partial charge on any atom is 0.239 e. The van der Waals surface area contributed by atoms with Crippen LogP contribution in [0.15, 0.2) is 23.1 Å². The highest BCUT2D eigenvalue weighted by Crippen LogP contribution is 2.27. The summed E-state index contributed by atoms with van der Waals surface area (Å²) in [7, 11) is -3.61. The summed E-state index contributed by atoms with van der Waals surface area (Å²) < 4.78 is 23.4. The second kappa shape index (κ2) is 3.41. The molecule has 1 N–H and O–H groups in total. The van der Waals surface area contributed by atoms with Crippen molar-refractivity contribution < 1.29 is 18.0 Å². The van der Waals surface area contributed by atoms with E-state index in [2.05, 4.69) is 5.32 Å². The molecule has 1 heterocycles. The first kappa shape index (κ1) is 10.8. The number of hydrogen-bond acceptors (Lipinski definition) is 4. The molecule has 16 heavy (non-hydrogen) atoms. The fourth-order valence-electron chi connectivity index (χ4n) is 1.54. The van der Waals surface area contributed by atoms with E-state index in [0.29, 0.717) is 5.56 Å². The van der Waals surface area contributed by atoms with Crippen LogP contribution < -0.4 is 5.32 Å². The van der Waals surface area contributed by atoms with Gasteiger partial charge >= 0.3 is 0 Å². The van der Waals surface area contributed by atoms with Crippen molar-refractivity contribution in [1.29, 1.82) is 0 Å². The Labute approximate surface area is 92.4 Å². The molecule has 0 aliphatic carbocycles. The molecule has 0 saturated carbocycles. The van der Waals surface area contributed by atoms with Crippen molar-refractivity contribution in [2.24, 2.45) is 0 Å². The van der Waals surface area contributed by atoms with E-state index < -0.39 is 21.5 Å². The highest BCUT2D eigenvalue weighted by Gasteiger charge is 2.29. The number of anilines is 1. The Morgan fingerprint density at radius 3 is 2.69 bits per heavy atom. The van der Waals surface area contributed by atoms with Crippen LogP contribution in [0.1, 0.15) is 17.3 Å². The minimum absolute atomic E-state index is 0.0137. The summed E-state index contributed by atoms with van der Waals surface area (Å²) >= 11 is 0. The number of carbonyl (C=O) groups is 2. The average Bonchev–Trinajstić information content (AvgIpc) is 2.15. The number of Topliss-reactive ketones (excluding diaryl/α,β-unsaturated/α-hetero) is 1. The van der Waals surface area contributed by atoms with Gasteiger partial charge in [-0.15, -0.1) is 0 Å². The van der Waals surface area contributed by atoms with E-state index in [1.807, 2.05) is 0 Å². The summed E-state index contributed by atoms with van der Waals surface area (Å²) in [6.45, 7) is 1.36. The van der Waals surface area contributed by atoms with Gasteiger partial charge in [0, 0.05) is 5.56 Å². The number of benzene rings is 1. The topological polar surface area (TPSA) is 80.3 Å². The van der Waals surface area contributed by atoms with Crippen molar-refractivity contribution in [2.45, 2.75) is 11.8 Å². The molecule has 0 unspecified atom stereocenters. The fourth-order valence-corrected chi connectivity index (χ4v) is 2.87. The van der Waals surface area contributed by atoms with Gasteiger partial charge < -0.3 is 5.32 Å². The Balaban J connectivity index is 2.66. The lowest BCUT2D eigenvalue weighted by molar-refractivity contribution is -0.114. The van der Waals surface area contributed by atoms with Crippen molar-refractivity contribution in [3.05, 3.63) is 23.8 Å². The van der Waals surface area contributed by atoms with Gasteiger partial charge in [-0.25, -0.2) is 8.42 Å². The van der Waals surface area contributed by atoms with Crippen LogP contribution in [0.25, 0.3) is 0 Å². The third-order valence-corrected chi connectivity index (χ3v) is 3.97. The minimum Gasteiger partial charge on any atom is -0.324 e. The first-order chi connectivity index (χ1) is 7.40. The number of rotatable bonds is 1. The predicted molar refractivity (Wildman–Crippen MR) is 57.1 cm³/mol. The largest absolute Gasteiger partial charge is 0.324 e. The molecule has 6 heteroatoms. The predicted octanol–water partition coefficient (Wildman–Crippen LogP) is 0.615. The molecule has 0 radical (unpaired) electrons. The van der Waals surface area contributed by atoms with Gasteiger partial charge in [0.15, 0.2) is 15.6 Å². The highest BCUT2D eigenvalue weighted by atomic mass is 32.2. The van der Waals surface area contributed by atoms with Crippen molar-refractivity contribution in [3.8, 4) is 0 Å². The molecule has 0 saturated heterocycles. The van der Waals surface area contributed by atoms with E-state index in [9.17, 15) is 18.0 Å². The van der Waals surface area contributed by atoms with Gasteiger partial charge in [-0.3, -0.25) is 9.59 Å². The summed E-state index contributed by atoms with van der Waals surface area (Å²) in [5.74, 6) is -1.33. The molecule has 1 aliphatic rings. The third kappa shape index (κ3) is 1.71. The SMILES string of the molecule is CC(=O)c1ccc2c(c1)S(=O)(=O)CC(=O)N2. The number of ketones is 1. The maximum absolute atomic E-state index is 11.7. The van der Waals surface area contributed by atoms with E-state index in [0.717, 1.165) is 0 Å². The first-order valence-electron chi connectivity index (χ1n) is 4.58. The monoisotopic (exact) mass is 239 g/mol. The molecule has 0 bridgehead atoms. The summed E-state index contributed by atoms with van der Waals surface area (Å²) in [6.07, 6.45) is 0. The third-order valence-electron chi connectivity index (χ3n) is 2.32. The molecule has 0 atom stereocenters. The minimum atomic E-state index is -3.61. The molecule has 0 fully saturated rings. The molecule has 0 spiro atoms. The van der Waals surface area contributed by atoms with Gasteiger partial charge in [-0.1, -0.05) is 0 Å². The number of fused-ring (bicyclic) bond motifs is 1. The Bertz CT molecular complexity index is 589. The molecule has 5 nitrogen and oxygen atoms in total. The maximum atomic E-state index is 11.7. The van der Waals surface area contributed by atoms with Gasteiger partial charge in [0.05, 0.1) is 10.6 Å². The zero-order valence-corrected chi connectivity index (χ0v) is 9.30. The molecule has 2 rings (SSSR count). The standard InChI is InChI=1S/C10H9NO4S/c1-6(12)7-2-3-8-9(4-7)16(14,15)5-10(13)11-8/h2-4H,5H2,1H3,(H,11,13). The molecular weight excluding hydrogens is 230 g/mol. The van der Waals surface area contributed by atoms with Gasteiger partial charge in [0.1, 0.15) is 5.75 Å². The quantitative estimate of drug-likeness (QED) is 0.728. The Morgan fingerprint density at radius 1 is 1.38 bits per heavy atom. The van der Waals surface area contributed by atoms with Crippen molar-refractivity contribution in [2.75, 3.05) is 11.1 Å². The van der Waals surface area contributed by atoms with E-state index in [4.69, 9.17) is 0 Å². The van der Waals surface area contributed by atoms with Crippen LogP contribution in [0, 0.1) is 0 Å². The second-order valence-electron chi connectivity index (χ2n) is 3.57. The van der Waals surface area contributed by atoms with Gasteiger partial charge in [-0.2, -0.15) is 0 Å². The summed E-state index contributed by atoms with van der Waals surface area (Å²) in [5.41, 5.74) is 0.555. The number of nitrogens with one attached hydrogen (secondary N) is 1. The van der Waals surface area contributed by atoms with Crippen LogP contribution in [0.2, 0.25) is 0 Å². The van der Waals surface area contributed by atoms with Crippen LogP contribution in [0.5, 0.6) is 0 Å². The summed E-state index contributed by atoms with van der Waals surface area (Å²) in [6, 6.07) is 4.22. The number of carbonyl (C=O) groups excluding carboxylic acids is 2. The summed E-state index contributed by atoms with van der Waals surface area (Å²) in [5, 5.41) is 2.45. The van der Waals surface area contributed by atoms with E-state index in [1.54, 1.807) is 0 Å². The molecule has 0 aromatic heterocycles. The highest BCUT2D eigenvalue weighted by molar-refractivity contribution is 7.92. The number of hydrogen-bond donors (Lipinski definition) is 1. The van der Waals surface area contributed by atoms with E-state index in [-0.39, 0.29) is 16.4 Å².